The molecule has 13 nitrogen and oxygen atoms in total. The Kier molecular flexibility index (Phi) is 11.6. The van der Waals surface area contributed by atoms with Gasteiger partial charge in [-0.2, -0.15) is 0 Å². The number of benzene rings is 1. The first-order valence-electron chi connectivity index (χ1n) is 13.9. The lowest BCUT2D eigenvalue weighted by Gasteiger charge is -2.38. The summed E-state index contributed by atoms with van der Waals surface area (Å²) in [5.74, 6) is -1.39. The number of sulfonamides is 1. The van der Waals surface area contributed by atoms with Crippen LogP contribution in [0.25, 0.3) is 0 Å². The molecular weight excluding hydrogens is 566 g/mol. The Balaban J connectivity index is 2.09. The van der Waals surface area contributed by atoms with E-state index in [1.54, 1.807) is 47.6 Å². The lowest BCUT2D eigenvalue weighted by Crippen LogP contribution is -2.57. The van der Waals surface area contributed by atoms with Crippen LogP contribution >= 0.6 is 0 Å². The van der Waals surface area contributed by atoms with Crippen LogP contribution in [0.5, 0.6) is 5.75 Å². The van der Waals surface area contributed by atoms with Crippen molar-refractivity contribution in [2.24, 2.45) is 5.92 Å². The highest BCUT2D eigenvalue weighted by Crippen LogP contribution is 2.30. The molecule has 1 aliphatic heterocycles. The molecular formula is C28H45N5O8S. The van der Waals surface area contributed by atoms with E-state index in [4.69, 9.17) is 14.9 Å². The molecule has 236 valence electrons. The fraction of sp³-hybridized carbons (Fsp3) is 0.643. The summed E-state index contributed by atoms with van der Waals surface area (Å²) >= 11 is 0. The lowest BCUT2D eigenvalue weighted by molar-refractivity contribution is -0.154. The molecule has 0 saturated carbocycles. The number of nitrogens with zero attached hydrogens (tertiary/aromatic N) is 1. The van der Waals surface area contributed by atoms with Crippen LogP contribution in [-0.4, -0.2) is 80.2 Å². The largest absolute Gasteiger partial charge is 0.496 e. The van der Waals surface area contributed by atoms with E-state index in [1.807, 2.05) is 6.92 Å². The molecule has 1 fully saturated rings. The number of alkyl carbamates (subject to hydrolysis) is 1. The number of nitrogens with one attached hydrogen (secondary N) is 4. The monoisotopic (exact) mass is 611 g/mol. The van der Waals surface area contributed by atoms with Gasteiger partial charge in [-0.05, 0) is 95.9 Å². The van der Waals surface area contributed by atoms with Crippen LogP contribution in [0.4, 0.5) is 4.79 Å². The molecule has 1 aromatic carbocycles. The predicted octanol–water partition coefficient (Wildman–Crippen LogP) is 2.81. The topological polar surface area (TPSA) is 187 Å². The zero-order chi connectivity index (χ0) is 32.0. The van der Waals surface area contributed by atoms with E-state index in [1.165, 1.54) is 12.0 Å². The van der Waals surface area contributed by atoms with Crippen LogP contribution in [0, 0.1) is 32.1 Å². The number of carbonyl (C=O) groups is 3. The second kappa shape index (κ2) is 14.1. The first-order chi connectivity index (χ1) is 19.4. The van der Waals surface area contributed by atoms with Gasteiger partial charge in [-0.25, -0.2) is 22.7 Å². The minimum atomic E-state index is -4.08. The quantitative estimate of drug-likeness (QED) is 0.151. The summed E-state index contributed by atoms with van der Waals surface area (Å²) in [7, 11) is -2.58. The molecule has 42 heavy (non-hydrogen) atoms. The third-order valence-corrected chi connectivity index (χ3v) is 8.74. The molecule has 1 heterocycles. The number of hydrogen-bond donors (Lipinski definition) is 5. The van der Waals surface area contributed by atoms with Gasteiger partial charge in [0.2, 0.25) is 11.9 Å². The maximum atomic E-state index is 13.5. The molecule has 0 radical (unpaired) electrons. The van der Waals surface area contributed by atoms with E-state index in [0.29, 0.717) is 35.3 Å². The average Bonchev–Trinajstić information content (AvgIpc) is 2.85. The molecule has 3 atom stereocenters. The number of guanidine groups is 1. The minimum Gasteiger partial charge on any atom is -0.496 e. The first kappa shape index (κ1) is 34.7. The van der Waals surface area contributed by atoms with Crippen molar-refractivity contribution in [3.05, 3.63) is 22.8 Å². The third kappa shape index (κ3) is 9.23. The smallest absolute Gasteiger partial charge is 0.408 e. The number of methoxy groups -OCH3 is 1. The van der Waals surface area contributed by atoms with Crippen molar-refractivity contribution in [2.75, 3.05) is 20.2 Å². The van der Waals surface area contributed by atoms with E-state index in [-0.39, 0.29) is 36.7 Å². The highest BCUT2D eigenvalue weighted by atomic mass is 32.2. The molecule has 14 heteroatoms. The van der Waals surface area contributed by atoms with E-state index in [2.05, 4.69) is 15.4 Å². The Morgan fingerprint density at radius 3 is 2.40 bits per heavy atom. The number of carbonyl (C=O) groups excluding carboxylic acids is 2. The van der Waals surface area contributed by atoms with Gasteiger partial charge < -0.3 is 30.1 Å². The summed E-state index contributed by atoms with van der Waals surface area (Å²) in [4.78, 5) is 39.2. The van der Waals surface area contributed by atoms with Gasteiger partial charge >= 0.3 is 12.1 Å². The summed E-state index contributed by atoms with van der Waals surface area (Å²) < 4.78 is 39.0. The van der Waals surface area contributed by atoms with Gasteiger partial charge in [0.1, 0.15) is 23.4 Å². The van der Waals surface area contributed by atoms with Gasteiger partial charge in [0.15, 0.2) is 0 Å². The number of carboxylic acid groups (broad SMARTS) is 1. The summed E-state index contributed by atoms with van der Waals surface area (Å²) in [5, 5.41) is 23.1. The zero-order valence-electron chi connectivity index (χ0n) is 25.7. The molecule has 0 aromatic heterocycles. The number of aryl methyl sites for hydroxylation is 1. The number of likely N-dealkylation sites (tertiary alicyclic amines) is 1. The van der Waals surface area contributed by atoms with Gasteiger partial charge in [-0.15, -0.1) is 0 Å². The Morgan fingerprint density at radius 2 is 1.83 bits per heavy atom. The van der Waals surface area contributed by atoms with Gasteiger partial charge in [0.05, 0.1) is 12.0 Å². The molecule has 2 rings (SSSR count). The molecule has 0 spiro atoms. The van der Waals surface area contributed by atoms with E-state index >= 15 is 0 Å². The second-order valence-electron chi connectivity index (χ2n) is 11.7. The molecule has 1 aromatic rings. The fourth-order valence-corrected chi connectivity index (χ4v) is 6.42. The summed E-state index contributed by atoms with van der Waals surface area (Å²) in [5.41, 5.74) is 0.837. The number of hydrogen-bond acceptors (Lipinski definition) is 8. The first-order valence-corrected chi connectivity index (χ1v) is 15.4. The van der Waals surface area contributed by atoms with Crippen molar-refractivity contribution < 1.29 is 37.4 Å². The zero-order valence-corrected chi connectivity index (χ0v) is 26.5. The highest BCUT2D eigenvalue weighted by Gasteiger charge is 2.38. The fourth-order valence-electron chi connectivity index (χ4n) is 4.93. The number of rotatable bonds is 10. The summed E-state index contributed by atoms with van der Waals surface area (Å²) in [6, 6.07) is -0.450. The molecule has 2 amide bonds. The van der Waals surface area contributed by atoms with Gasteiger partial charge in [-0.3, -0.25) is 10.2 Å². The Bertz CT molecular complexity index is 1290. The van der Waals surface area contributed by atoms with Crippen LogP contribution < -0.4 is 20.1 Å². The SMILES string of the molecule is COc1cc(C)c(S(=O)(=O)NC(=N)NCCC[C@H](NC(=O)OC(C)(C)C)C(=O)N2CC[C@@H](C)C[C@@H]2C(=O)O)c(C)c1C. The van der Waals surface area contributed by atoms with Gasteiger partial charge in [-0.1, -0.05) is 6.92 Å². The maximum Gasteiger partial charge on any atom is 0.408 e. The van der Waals surface area contributed by atoms with Crippen LogP contribution in [0.15, 0.2) is 11.0 Å². The van der Waals surface area contributed by atoms with Crippen LogP contribution in [0.1, 0.15) is 70.1 Å². The highest BCUT2D eigenvalue weighted by molar-refractivity contribution is 7.90. The van der Waals surface area contributed by atoms with Crippen molar-refractivity contribution in [2.45, 2.75) is 96.7 Å². The van der Waals surface area contributed by atoms with E-state index < -0.39 is 51.6 Å². The normalized spacial score (nSPS) is 18.0. The maximum absolute atomic E-state index is 13.5. The number of piperidine rings is 1. The Labute approximate surface area is 248 Å². The molecule has 5 N–H and O–H groups in total. The predicted molar refractivity (Wildman–Crippen MR) is 157 cm³/mol. The standard InChI is InChI=1S/C28H45N5O8S/c1-16-11-13-33(21(14-16)25(35)36)24(34)20(31-27(37)41-28(5,6)7)10-9-12-30-26(29)32-42(38,39)23-17(2)15-22(40-8)18(3)19(23)4/h15-16,20-21H,9-14H2,1-8H3,(H,31,37)(H,35,36)(H3,29,30,32)/t16-,20+,21-/m1/s1. The van der Waals surface area contributed by atoms with Crippen LogP contribution in [-0.2, 0) is 24.3 Å². The third-order valence-electron chi connectivity index (χ3n) is 7.10. The molecule has 1 aliphatic rings. The molecule has 0 aliphatic carbocycles. The van der Waals surface area contributed by atoms with Crippen molar-refractivity contribution >= 4 is 34.0 Å². The van der Waals surface area contributed by atoms with Gasteiger partial charge in [0.25, 0.3) is 10.0 Å². The Hall–Kier alpha value is -3.55. The molecule has 1 saturated heterocycles. The van der Waals surface area contributed by atoms with Gasteiger partial charge in [0, 0.05) is 13.1 Å². The van der Waals surface area contributed by atoms with E-state index in [0.717, 1.165) is 0 Å². The Morgan fingerprint density at radius 1 is 1.19 bits per heavy atom. The molecule has 0 unspecified atom stereocenters. The van der Waals surface area contributed by atoms with Crippen molar-refractivity contribution in [1.29, 1.82) is 5.41 Å². The number of aliphatic carboxylic acids is 1. The number of carboxylic acids is 1. The van der Waals surface area contributed by atoms with Crippen LogP contribution in [0.3, 0.4) is 0 Å². The summed E-state index contributed by atoms with van der Waals surface area (Å²) in [6.45, 7) is 12.4. The van der Waals surface area contributed by atoms with Crippen molar-refractivity contribution in [3.8, 4) is 5.75 Å². The van der Waals surface area contributed by atoms with Crippen molar-refractivity contribution in [1.82, 2.24) is 20.3 Å². The van der Waals surface area contributed by atoms with Crippen molar-refractivity contribution in [3.63, 3.8) is 0 Å². The summed E-state index contributed by atoms with van der Waals surface area (Å²) in [6.07, 6.45) is 0.482. The number of ether oxygens (including phenoxy) is 2. The van der Waals surface area contributed by atoms with E-state index in [9.17, 15) is 27.9 Å². The minimum absolute atomic E-state index is 0.0587. The lowest BCUT2D eigenvalue weighted by atomic mass is 9.91. The number of amides is 2. The second-order valence-corrected chi connectivity index (χ2v) is 13.4. The average molecular weight is 612 g/mol. The molecule has 0 bridgehead atoms. The van der Waals surface area contributed by atoms with Crippen LogP contribution in [0.2, 0.25) is 0 Å².